The molecule has 0 aliphatic carbocycles. The van der Waals surface area contributed by atoms with Crippen LogP contribution in [0.2, 0.25) is 0 Å². The van der Waals surface area contributed by atoms with Gasteiger partial charge < -0.3 is 4.74 Å². The molecule has 0 amide bonds. The fourth-order valence-electron chi connectivity index (χ4n) is 2.49. The number of ether oxygens (including phenoxy) is 1. The number of hydrogen-bond acceptors (Lipinski definition) is 4. The molecule has 3 heterocycles. The van der Waals surface area contributed by atoms with Gasteiger partial charge in [-0.2, -0.15) is 0 Å². The summed E-state index contributed by atoms with van der Waals surface area (Å²) in [5.41, 5.74) is 2.69. The van der Waals surface area contributed by atoms with Crippen LogP contribution in [0.4, 0.5) is 0 Å². The van der Waals surface area contributed by atoms with Gasteiger partial charge in [-0.3, -0.25) is 19.9 Å². The van der Waals surface area contributed by atoms with Crippen molar-refractivity contribution in [3.63, 3.8) is 0 Å². The number of rotatable bonds is 2. The number of methoxy groups -OCH3 is 1. The second kappa shape index (κ2) is 4.70. The summed E-state index contributed by atoms with van der Waals surface area (Å²) in [5.74, 6) is 0.738. The summed E-state index contributed by atoms with van der Waals surface area (Å²) < 4.78 is 6.62. The van der Waals surface area contributed by atoms with Crippen LogP contribution in [0.15, 0.2) is 53.6 Å². The lowest BCUT2D eigenvalue weighted by Crippen LogP contribution is -2.14. The van der Waals surface area contributed by atoms with Crippen LogP contribution in [0, 0.1) is 0 Å². The first-order chi connectivity index (χ1) is 10.8. The molecule has 108 valence electrons. The number of aromatic amines is 1. The number of aromatic nitrogens is 4. The Morgan fingerprint density at radius 2 is 1.95 bits per heavy atom. The van der Waals surface area contributed by atoms with Crippen LogP contribution in [0.3, 0.4) is 0 Å². The van der Waals surface area contributed by atoms with E-state index in [-0.39, 0.29) is 5.56 Å². The van der Waals surface area contributed by atoms with Crippen molar-refractivity contribution in [1.82, 2.24) is 19.7 Å². The minimum Gasteiger partial charge on any atom is -0.497 e. The molecule has 0 atom stereocenters. The third-order valence-electron chi connectivity index (χ3n) is 3.61. The minimum absolute atomic E-state index is 0.153. The molecule has 0 aliphatic rings. The van der Waals surface area contributed by atoms with E-state index in [9.17, 15) is 4.79 Å². The van der Waals surface area contributed by atoms with Gasteiger partial charge in [0.05, 0.1) is 29.2 Å². The van der Waals surface area contributed by atoms with Crippen molar-refractivity contribution in [3.8, 4) is 11.4 Å². The summed E-state index contributed by atoms with van der Waals surface area (Å²) >= 11 is 0. The van der Waals surface area contributed by atoms with Crippen molar-refractivity contribution in [2.75, 3.05) is 7.11 Å². The van der Waals surface area contributed by atoms with Gasteiger partial charge in [0.25, 0.3) is 5.56 Å². The van der Waals surface area contributed by atoms with Crippen LogP contribution in [-0.4, -0.2) is 26.9 Å². The Morgan fingerprint density at radius 3 is 2.73 bits per heavy atom. The lowest BCUT2D eigenvalue weighted by Gasteiger charge is -2.03. The smallest absolute Gasteiger partial charge is 0.280 e. The van der Waals surface area contributed by atoms with E-state index in [1.54, 1.807) is 19.5 Å². The van der Waals surface area contributed by atoms with Crippen LogP contribution in [-0.2, 0) is 0 Å². The Kier molecular flexibility index (Phi) is 2.69. The Hall–Kier alpha value is -3.15. The van der Waals surface area contributed by atoms with Crippen molar-refractivity contribution in [1.29, 1.82) is 0 Å². The maximum Gasteiger partial charge on any atom is 0.280 e. The predicted octanol–water partition coefficient (Wildman–Crippen LogP) is 2.27. The number of H-pyrrole nitrogens is 1. The third-order valence-corrected chi connectivity index (χ3v) is 3.61. The molecule has 4 aromatic rings. The summed E-state index contributed by atoms with van der Waals surface area (Å²) in [6.45, 7) is 0. The van der Waals surface area contributed by atoms with E-state index in [1.165, 1.54) is 4.68 Å². The van der Waals surface area contributed by atoms with Crippen LogP contribution in [0.25, 0.3) is 27.6 Å². The fraction of sp³-hybridized carbons (Fsp3) is 0.0625. The van der Waals surface area contributed by atoms with E-state index in [4.69, 9.17) is 4.74 Å². The van der Waals surface area contributed by atoms with Crippen LogP contribution in [0.5, 0.6) is 5.75 Å². The van der Waals surface area contributed by atoms with Gasteiger partial charge in [-0.05, 0) is 36.4 Å². The predicted molar refractivity (Wildman–Crippen MR) is 83.5 cm³/mol. The Morgan fingerprint density at radius 1 is 1.14 bits per heavy atom. The maximum absolute atomic E-state index is 12.6. The molecule has 0 saturated carbocycles. The summed E-state index contributed by atoms with van der Waals surface area (Å²) in [5, 5.41) is 3.64. The lowest BCUT2D eigenvalue weighted by atomic mass is 10.2. The third kappa shape index (κ3) is 1.77. The molecule has 0 radical (unpaired) electrons. The maximum atomic E-state index is 12.6. The van der Waals surface area contributed by atoms with Gasteiger partial charge in [0, 0.05) is 12.4 Å². The molecule has 0 aliphatic heterocycles. The highest BCUT2D eigenvalue weighted by atomic mass is 16.5. The molecule has 1 N–H and O–H groups in total. The van der Waals surface area contributed by atoms with Crippen LogP contribution in [0.1, 0.15) is 0 Å². The molecule has 0 bridgehead atoms. The van der Waals surface area contributed by atoms with E-state index in [2.05, 4.69) is 15.1 Å². The second-order valence-corrected chi connectivity index (χ2v) is 4.87. The van der Waals surface area contributed by atoms with Crippen molar-refractivity contribution in [3.05, 3.63) is 59.1 Å². The zero-order valence-electron chi connectivity index (χ0n) is 11.8. The minimum atomic E-state index is -0.153. The molecular formula is C16H12N4O2. The van der Waals surface area contributed by atoms with Crippen LogP contribution < -0.4 is 10.3 Å². The van der Waals surface area contributed by atoms with E-state index in [0.29, 0.717) is 16.4 Å². The number of nitrogens with zero attached hydrogens (tertiary/aromatic N) is 3. The van der Waals surface area contributed by atoms with Crippen molar-refractivity contribution >= 4 is 21.9 Å². The standard InChI is InChI=1S/C16H12N4O2/c1-22-11-6-4-10(5-7-11)20-16(21)12-9-18-13-3-2-8-17-15(13)14(12)19-20/h2-9,19H,1H3. The van der Waals surface area contributed by atoms with Gasteiger partial charge in [-0.25, -0.2) is 4.68 Å². The van der Waals surface area contributed by atoms with Gasteiger partial charge in [0.1, 0.15) is 11.3 Å². The first-order valence-corrected chi connectivity index (χ1v) is 6.77. The van der Waals surface area contributed by atoms with Gasteiger partial charge in [0.2, 0.25) is 0 Å². The Balaban J connectivity index is 2.00. The molecule has 1 aromatic carbocycles. The summed E-state index contributed by atoms with van der Waals surface area (Å²) in [6.07, 6.45) is 3.27. The monoisotopic (exact) mass is 292 g/mol. The number of hydrogen-bond donors (Lipinski definition) is 1. The second-order valence-electron chi connectivity index (χ2n) is 4.87. The number of fused-ring (bicyclic) bond motifs is 3. The largest absolute Gasteiger partial charge is 0.497 e. The zero-order chi connectivity index (χ0) is 15.1. The Bertz CT molecular complexity index is 1030. The molecule has 22 heavy (non-hydrogen) atoms. The molecule has 3 aromatic heterocycles. The highest BCUT2D eigenvalue weighted by Gasteiger charge is 2.12. The van der Waals surface area contributed by atoms with Gasteiger partial charge >= 0.3 is 0 Å². The first kappa shape index (κ1) is 12.6. The highest BCUT2D eigenvalue weighted by molar-refractivity contribution is 5.99. The molecule has 4 rings (SSSR count). The lowest BCUT2D eigenvalue weighted by molar-refractivity contribution is 0.414. The summed E-state index contributed by atoms with van der Waals surface area (Å²) in [7, 11) is 1.60. The first-order valence-electron chi connectivity index (χ1n) is 6.77. The molecule has 6 heteroatoms. The van der Waals surface area contributed by atoms with Gasteiger partial charge in [-0.15, -0.1) is 0 Å². The molecule has 6 nitrogen and oxygen atoms in total. The zero-order valence-corrected chi connectivity index (χ0v) is 11.8. The molecular weight excluding hydrogens is 280 g/mol. The van der Waals surface area contributed by atoms with E-state index in [1.807, 2.05) is 36.4 Å². The summed E-state index contributed by atoms with van der Waals surface area (Å²) in [4.78, 5) is 21.2. The average molecular weight is 292 g/mol. The fourth-order valence-corrected chi connectivity index (χ4v) is 2.49. The van der Waals surface area contributed by atoms with E-state index >= 15 is 0 Å². The number of pyridine rings is 2. The summed E-state index contributed by atoms with van der Waals surface area (Å²) in [6, 6.07) is 10.9. The molecule has 0 fully saturated rings. The molecule has 0 spiro atoms. The highest BCUT2D eigenvalue weighted by Crippen LogP contribution is 2.19. The molecule has 0 unspecified atom stereocenters. The van der Waals surface area contributed by atoms with Crippen LogP contribution >= 0.6 is 0 Å². The van der Waals surface area contributed by atoms with Crippen molar-refractivity contribution in [2.24, 2.45) is 0 Å². The number of nitrogens with one attached hydrogen (secondary N) is 1. The van der Waals surface area contributed by atoms with Crippen molar-refractivity contribution in [2.45, 2.75) is 0 Å². The average Bonchev–Trinajstić information content (AvgIpc) is 2.92. The number of benzene rings is 1. The van der Waals surface area contributed by atoms with Crippen molar-refractivity contribution < 1.29 is 4.74 Å². The van der Waals surface area contributed by atoms with Gasteiger partial charge in [-0.1, -0.05) is 0 Å². The SMILES string of the molecule is COc1ccc(-n2[nH]c3c(cnc4cccnc43)c2=O)cc1. The van der Waals surface area contributed by atoms with E-state index in [0.717, 1.165) is 17.0 Å². The molecule has 0 saturated heterocycles. The van der Waals surface area contributed by atoms with E-state index < -0.39 is 0 Å². The quantitative estimate of drug-likeness (QED) is 0.615. The topological polar surface area (TPSA) is 72.8 Å². The van der Waals surface area contributed by atoms with Gasteiger partial charge in [0.15, 0.2) is 0 Å². The Labute approximate surface area is 125 Å². The normalized spacial score (nSPS) is 11.1.